The van der Waals surface area contributed by atoms with Crippen LogP contribution in [-0.2, 0) is 17.8 Å². The Balaban J connectivity index is 1.79. The molecule has 0 saturated carbocycles. The summed E-state index contributed by atoms with van der Waals surface area (Å²) in [5.74, 6) is 0.359. The molecule has 0 spiro atoms. The maximum absolute atomic E-state index is 12.3. The van der Waals surface area contributed by atoms with Crippen LogP contribution < -0.4 is 5.32 Å². The van der Waals surface area contributed by atoms with Crippen LogP contribution in [-0.4, -0.2) is 35.6 Å². The maximum atomic E-state index is 12.3. The van der Waals surface area contributed by atoms with Gasteiger partial charge in [-0.25, -0.2) is 0 Å². The van der Waals surface area contributed by atoms with Gasteiger partial charge in [0.2, 0.25) is 5.91 Å². The Morgan fingerprint density at radius 3 is 1.90 bits per heavy atom. The van der Waals surface area contributed by atoms with E-state index in [1.807, 2.05) is 50.2 Å². The first-order chi connectivity index (χ1) is 14.7. The fourth-order valence-electron chi connectivity index (χ4n) is 3.16. The molecule has 0 heterocycles. The van der Waals surface area contributed by atoms with E-state index in [4.69, 9.17) is 0 Å². The van der Waals surface area contributed by atoms with Gasteiger partial charge in [-0.05, 0) is 49.4 Å². The lowest BCUT2D eigenvalue weighted by Crippen LogP contribution is -2.32. The molecule has 0 bridgehead atoms. The minimum Gasteiger partial charge on any atom is -0.352 e. The third kappa shape index (κ3) is 7.67. The molecule has 2 aromatic carbocycles. The first-order valence-corrected chi connectivity index (χ1v) is 10.9. The molecule has 0 fully saturated rings. The third-order valence-corrected chi connectivity index (χ3v) is 5.28. The number of hydrogen-bond donors (Lipinski definition) is 1. The van der Waals surface area contributed by atoms with Crippen molar-refractivity contribution in [2.24, 2.45) is 5.92 Å². The van der Waals surface area contributed by atoms with Crippen LogP contribution in [0.2, 0.25) is 0 Å². The van der Waals surface area contributed by atoms with Gasteiger partial charge in [-0.2, -0.15) is 0 Å². The molecule has 0 aliphatic heterocycles. The largest absolute Gasteiger partial charge is 0.352 e. The Hall–Kier alpha value is -2.95. The maximum Gasteiger partial charge on any atom is 0.253 e. The lowest BCUT2D eigenvalue weighted by atomic mass is 9.99. The predicted molar refractivity (Wildman–Crippen MR) is 124 cm³/mol. The molecule has 0 saturated heterocycles. The second kappa shape index (κ2) is 11.4. The molecule has 2 rings (SSSR count). The van der Waals surface area contributed by atoms with Gasteiger partial charge in [-0.3, -0.25) is 14.4 Å². The zero-order valence-corrected chi connectivity index (χ0v) is 19.3. The van der Waals surface area contributed by atoms with Crippen molar-refractivity contribution < 1.29 is 14.4 Å². The van der Waals surface area contributed by atoms with Crippen molar-refractivity contribution >= 4 is 17.6 Å². The molecule has 0 aliphatic rings. The summed E-state index contributed by atoms with van der Waals surface area (Å²) < 4.78 is 0. The van der Waals surface area contributed by atoms with Crippen molar-refractivity contribution in [3.8, 4) is 0 Å². The van der Waals surface area contributed by atoms with Gasteiger partial charge in [0.1, 0.15) is 0 Å². The highest BCUT2D eigenvalue weighted by Gasteiger charge is 2.14. The molecule has 0 unspecified atom stereocenters. The van der Waals surface area contributed by atoms with Crippen LogP contribution >= 0.6 is 0 Å². The molecule has 166 valence electrons. The van der Waals surface area contributed by atoms with Crippen molar-refractivity contribution in [2.75, 3.05) is 7.05 Å². The van der Waals surface area contributed by atoms with Crippen LogP contribution in [0.1, 0.15) is 72.4 Å². The van der Waals surface area contributed by atoms with E-state index in [1.165, 1.54) is 5.56 Å². The summed E-state index contributed by atoms with van der Waals surface area (Å²) in [7, 11) is 1.78. The molecule has 2 aromatic rings. The summed E-state index contributed by atoms with van der Waals surface area (Å²) in [6.45, 7) is 8.63. The Morgan fingerprint density at radius 2 is 1.35 bits per heavy atom. The number of benzene rings is 2. The van der Waals surface area contributed by atoms with Gasteiger partial charge >= 0.3 is 0 Å². The fraction of sp³-hybridized carbons (Fsp3) is 0.423. The van der Waals surface area contributed by atoms with E-state index in [2.05, 4.69) is 19.2 Å². The molecule has 31 heavy (non-hydrogen) atoms. The number of hydrogen-bond acceptors (Lipinski definition) is 3. The summed E-state index contributed by atoms with van der Waals surface area (Å²) in [5, 5.41) is 2.84. The van der Waals surface area contributed by atoms with Crippen LogP contribution in [0.25, 0.3) is 0 Å². The van der Waals surface area contributed by atoms with E-state index >= 15 is 0 Å². The van der Waals surface area contributed by atoms with Crippen LogP contribution in [0.3, 0.4) is 0 Å². The average Bonchev–Trinajstić information content (AvgIpc) is 2.75. The topological polar surface area (TPSA) is 66.5 Å². The molecular formula is C26H34N2O3. The lowest BCUT2D eigenvalue weighted by molar-refractivity contribution is -0.121. The van der Waals surface area contributed by atoms with E-state index in [0.717, 1.165) is 12.0 Å². The minimum atomic E-state index is -0.163. The molecule has 5 nitrogen and oxygen atoms in total. The van der Waals surface area contributed by atoms with Gasteiger partial charge in [0.15, 0.2) is 5.78 Å². The van der Waals surface area contributed by atoms with Crippen LogP contribution in [0, 0.1) is 5.92 Å². The highest BCUT2D eigenvalue weighted by Crippen LogP contribution is 2.12. The van der Waals surface area contributed by atoms with Crippen molar-refractivity contribution in [2.45, 2.75) is 59.5 Å². The Morgan fingerprint density at radius 1 is 0.806 bits per heavy atom. The normalized spacial score (nSPS) is 10.9. The highest BCUT2D eigenvalue weighted by atomic mass is 16.2. The number of nitrogens with zero attached hydrogens (tertiary/aromatic N) is 1. The number of Topliss-reactive ketones (excluding diaryl/α,β-unsaturated/α-hetero) is 1. The third-order valence-electron chi connectivity index (χ3n) is 5.28. The summed E-state index contributed by atoms with van der Waals surface area (Å²) in [6.07, 6.45) is 1.33. The van der Waals surface area contributed by atoms with Gasteiger partial charge in [0.05, 0.1) is 0 Å². The van der Waals surface area contributed by atoms with Gasteiger partial charge in [-0.15, -0.1) is 0 Å². The molecule has 0 radical (unpaired) electrons. The monoisotopic (exact) mass is 422 g/mol. The SMILES string of the molecule is CC(C)Cc1ccc(C(=O)CCC(=O)NCc2ccc(C(=O)N(C)C(C)C)cc2)cc1. The zero-order valence-electron chi connectivity index (χ0n) is 19.3. The minimum absolute atomic E-state index is 0.0246. The summed E-state index contributed by atoms with van der Waals surface area (Å²) in [4.78, 5) is 38.5. The molecule has 2 amide bonds. The van der Waals surface area contributed by atoms with Crippen molar-refractivity contribution in [3.05, 3.63) is 70.8 Å². The summed E-state index contributed by atoms with van der Waals surface area (Å²) >= 11 is 0. The molecule has 5 heteroatoms. The average molecular weight is 423 g/mol. The van der Waals surface area contributed by atoms with Crippen molar-refractivity contribution in [1.82, 2.24) is 10.2 Å². The Bertz CT molecular complexity index is 884. The smallest absolute Gasteiger partial charge is 0.253 e. The van der Waals surface area contributed by atoms with E-state index in [1.54, 1.807) is 24.1 Å². The van der Waals surface area contributed by atoms with Gasteiger partial charge < -0.3 is 10.2 Å². The van der Waals surface area contributed by atoms with Gasteiger partial charge in [-0.1, -0.05) is 50.2 Å². The number of rotatable bonds is 10. The quantitative estimate of drug-likeness (QED) is 0.567. The number of ketones is 1. The Labute approximate surface area is 185 Å². The number of nitrogens with one attached hydrogen (secondary N) is 1. The van der Waals surface area contributed by atoms with Gasteiger partial charge in [0, 0.05) is 43.6 Å². The van der Waals surface area contributed by atoms with Gasteiger partial charge in [0.25, 0.3) is 5.91 Å². The molecule has 0 aromatic heterocycles. The van der Waals surface area contributed by atoms with Crippen LogP contribution in [0.5, 0.6) is 0 Å². The van der Waals surface area contributed by atoms with E-state index in [9.17, 15) is 14.4 Å². The number of amides is 2. The standard InChI is InChI=1S/C26H34N2O3/c1-18(2)16-20-6-10-22(11-7-20)24(29)14-15-25(30)27-17-21-8-12-23(13-9-21)26(31)28(5)19(3)4/h6-13,18-19H,14-17H2,1-5H3,(H,27,30). The van der Waals surface area contributed by atoms with Crippen molar-refractivity contribution in [3.63, 3.8) is 0 Å². The molecular weight excluding hydrogens is 388 g/mol. The lowest BCUT2D eigenvalue weighted by Gasteiger charge is -2.21. The zero-order chi connectivity index (χ0) is 23.0. The second-order valence-electron chi connectivity index (χ2n) is 8.70. The number of carbonyl (C=O) groups is 3. The highest BCUT2D eigenvalue weighted by molar-refractivity contribution is 5.98. The molecule has 0 aliphatic carbocycles. The fourth-order valence-corrected chi connectivity index (χ4v) is 3.16. The van der Waals surface area contributed by atoms with E-state index in [-0.39, 0.29) is 36.5 Å². The second-order valence-corrected chi connectivity index (χ2v) is 8.70. The summed E-state index contributed by atoms with van der Waals surface area (Å²) in [5.41, 5.74) is 3.39. The Kier molecular flexibility index (Phi) is 8.98. The molecule has 0 atom stereocenters. The number of carbonyl (C=O) groups excluding carboxylic acids is 3. The first-order valence-electron chi connectivity index (χ1n) is 10.9. The predicted octanol–water partition coefficient (Wildman–Crippen LogP) is 4.64. The summed E-state index contributed by atoms with van der Waals surface area (Å²) in [6, 6.07) is 15.0. The van der Waals surface area contributed by atoms with E-state index < -0.39 is 0 Å². The van der Waals surface area contributed by atoms with Crippen molar-refractivity contribution in [1.29, 1.82) is 0 Å². The molecule has 1 N–H and O–H groups in total. The van der Waals surface area contributed by atoms with Crippen LogP contribution in [0.4, 0.5) is 0 Å². The van der Waals surface area contributed by atoms with E-state index in [0.29, 0.717) is 23.6 Å². The first kappa shape index (κ1) is 24.3. The van der Waals surface area contributed by atoms with Crippen LogP contribution in [0.15, 0.2) is 48.5 Å².